The topological polar surface area (TPSA) is 44.1 Å². The maximum Gasteiger partial charge on any atom is 0.222 e. The van der Waals surface area contributed by atoms with Crippen LogP contribution in [-0.2, 0) is 11.3 Å². The van der Waals surface area contributed by atoms with Gasteiger partial charge in [-0.2, -0.15) is 5.26 Å². The van der Waals surface area contributed by atoms with Crippen LogP contribution in [-0.4, -0.2) is 17.4 Å². The van der Waals surface area contributed by atoms with Crippen molar-refractivity contribution in [3.63, 3.8) is 0 Å². The molecule has 1 fully saturated rings. The minimum absolute atomic E-state index is 0.270. The van der Waals surface area contributed by atoms with Gasteiger partial charge in [-0.05, 0) is 30.5 Å². The molecule has 1 saturated heterocycles. The third-order valence-corrected chi connectivity index (χ3v) is 3.63. The van der Waals surface area contributed by atoms with Crippen molar-refractivity contribution in [1.29, 1.82) is 5.26 Å². The minimum atomic E-state index is 0.270. The summed E-state index contributed by atoms with van der Waals surface area (Å²) in [4.78, 5) is 14.1. The highest BCUT2D eigenvalue weighted by atomic mass is 16.2. The summed E-state index contributed by atoms with van der Waals surface area (Å²) >= 11 is 0. The van der Waals surface area contributed by atoms with Gasteiger partial charge in [-0.15, -0.1) is 0 Å². The van der Waals surface area contributed by atoms with Gasteiger partial charge in [0.15, 0.2) is 0 Å². The van der Waals surface area contributed by atoms with E-state index in [4.69, 9.17) is 5.26 Å². The number of hydrogen-bond donors (Lipinski definition) is 0. The monoisotopic (exact) mass is 256 g/mol. The van der Waals surface area contributed by atoms with Crippen molar-refractivity contribution < 1.29 is 4.79 Å². The van der Waals surface area contributed by atoms with E-state index >= 15 is 0 Å². The van der Waals surface area contributed by atoms with Crippen molar-refractivity contribution in [2.24, 2.45) is 0 Å². The fourth-order valence-corrected chi connectivity index (χ4v) is 2.46. The normalized spacial score (nSPS) is 17.2. The van der Waals surface area contributed by atoms with Gasteiger partial charge in [-0.1, -0.05) is 31.4 Å². The molecule has 1 aromatic carbocycles. The van der Waals surface area contributed by atoms with E-state index in [1.807, 2.05) is 29.2 Å². The molecule has 100 valence electrons. The molecule has 0 aliphatic carbocycles. The summed E-state index contributed by atoms with van der Waals surface area (Å²) in [6.45, 7) is 1.53. The molecule has 0 bridgehead atoms. The summed E-state index contributed by atoms with van der Waals surface area (Å²) in [5.74, 6) is 0.270. The number of carbonyl (C=O) groups is 1. The van der Waals surface area contributed by atoms with Gasteiger partial charge in [0.25, 0.3) is 0 Å². The molecule has 2 rings (SSSR count). The highest BCUT2D eigenvalue weighted by Gasteiger charge is 2.14. The molecule has 3 heteroatoms. The lowest BCUT2D eigenvalue weighted by atomic mass is 10.1. The Balaban J connectivity index is 2.01. The van der Waals surface area contributed by atoms with Crippen molar-refractivity contribution in [3.8, 4) is 6.07 Å². The van der Waals surface area contributed by atoms with Crippen molar-refractivity contribution in [2.45, 2.75) is 45.1 Å². The Morgan fingerprint density at radius 3 is 2.47 bits per heavy atom. The molecular weight excluding hydrogens is 236 g/mol. The number of amides is 1. The minimum Gasteiger partial charge on any atom is -0.338 e. The molecular formula is C16H20N2O. The highest BCUT2D eigenvalue weighted by molar-refractivity contribution is 5.76. The standard InChI is InChI=1S/C16H20N2O/c17-12-14-7-9-15(10-8-14)13-18-11-5-3-1-2-4-6-16(18)19/h7-10H,1-6,11,13H2. The third-order valence-electron chi connectivity index (χ3n) is 3.63. The molecule has 0 spiro atoms. The molecule has 3 nitrogen and oxygen atoms in total. The Morgan fingerprint density at radius 2 is 1.74 bits per heavy atom. The van der Waals surface area contributed by atoms with Gasteiger partial charge in [0.2, 0.25) is 5.91 Å². The second-order valence-corrected chi connectivity index (χ2v) is 5.14. The summed E-state index contributed by atoms with van der Waals surface area (Å²) in [6.07, 6.45) is 6.44. The van der Waals surface area contributed by atoms with Gasteiger partial charge >= 0.3 is 0 Å². The van der Waals surface area contributed by atoms with Crippen LogP contribution in [0, 0.1) is 11.3 Å². The molecule has 1 aliphatic heterocycles. The SMILES string of the molecule is N#Cc1ccc(CN2CCCCCCCC2=O)cc1. The van der Waals surface area contributed by atoms with E-state index in [1.165, 1.54) is 19.3 Å². The molecule has 1 aromatic rings. The molecule has 0 unspecified atom stereocenters. The summed E-state index contributed by atoms with van der Waals surface area (Å²) in [6, 6.07) is 9.63. The van der Waals surface area contributed by atoms with E-state index in [0.29, 0.717) is 18.5 Å². The molecule has 0 radical (unpaired) electrons. The lowest BCUT2D eigenvalue weighted by molar-refractivity contribution is -0.131. The zero-order valence-electron chi connectivity index (χ0n) is 11.3. The number of nitriles is 1. The molecule has 19 heavy (non-hydrogen) atoms. The van der Waals surface area contributed by atoms with Crippen LogP contribution in [0.2, 0.25) is 0 Å². The predicted octanol–water partition coefficient (Wildman–Crippen LogP) is 3.24. The van der Waals surface area contributed by atoms with Gasteiger partial charge in [-0.3, -0.25) is 4.79 Å². The lowest BCUT2D eigenvalue weighted by Crippen LogP contribution is -2.30. The predicted molar refractivity (Wildman–Crippen MR) is 74.3 cm³/mol. The average Bonchev–Trinajstić information content (AvgIpc) is 2.54. The van der Waals surface area contributed by atoms with Crippen LogP contribution >= 0.6 is 0 Å². The van der Waals surface area contributed by atoms with Crippen molar-refractivity contribution in [3.05, 3.63) is 35.4 Å². The zero-order valence-corrected chi connectivity index (χ0v) is 11.3. The second-order valence-electron chi connectivity index (χ2n) is 5.14. The van der Waals surface area contributed by atoms with E-state index < -0.39 is 0 Å². The zero-order chi connectivity index (χ0) is 13.5. The van der Waals surface area contributed by atoms with Crippen molar-refractivity contribution >= 4 is 5.91 Å². The molecule has 0 atom stereocenters. The number of rotatable bonds is 2. The molecule has 0 saturated carbocycles. The maximum atomic E-state index is 12.1. The number of hydrogen-bond acceptors (Lipinski definition) is 2. The van der Waals surface area contributed by atoms with Crippen LogP contribution < -0.4 is 0 Å². The van der Waals surface area contributed by atoms with Crippen LogP contribution in [0.3, 0.4) is 0 Å². The summed E-state index contributed by atoms with van der Waals surface area (Å²) < 4.78 is 0. The fourth-order valence-electron chi connectivity index (χ4n) is 2.46. The Hall–Kier alpha value is -1.82. The van der Waals surface area contributed by atoms with Crippen LogP contribution in [0.25, 0.3) is 0 Å². The quantitative estimate of drug-likeness (QED) is 0.815. The Labute approximate surface area is 114 Å². The van der Waals surface area contributed by atoms with Gasteiger partial charge in [-0.25, -0.2) is 0 Å². The van der Waals surface area contributed by atoms with Crippen LogP contribution in [0.5, 0.6) is 0 Å². The largest absolute Gasteiger partial charge is 0.338 e. The van der Waals surface area contributed by atoms with Crippen molar-refractivity contribution in [1.82, 2.24) is 4.90 Å². The summed E-state index contributed by atoms with van der Waals surface area (Å²) in [5.41, 5.74) is 1.77. The Kier molecular flexibility index (Phi) is 4.97. The van der Waals surface area contributed by atoms with Gasteiger partial charge < -0.3 is 4.90 Å². The fraction of sp³-hybridized carbons (Fsp3) is 0.500. The maximum absolute atomic E-state index is 12.1. The Morgan fingerprint density at radius 1 is 1.05 bits per heavy atom. The van der Waals surface area contributed by atoms with E-state index in [1.54, 1.807) is 0 Å². The van der Waals surface area contributed by atoms with Gasteiger partial charge in [0, 0.05) is 19.5 Å². The summed E-state index contributed by atoms with van der Waals surface area (Å²) in [5, 5.41) is 8.78. The molecule has 0 aromatic heterocycles. The number of carbonyl (C=O) groups excluding carboxylic acids is 1. The molecule has 1 heterocycles. The lowest BCUT2D eigenvalue weighted by Gasteiger charge is -2.22. The Bertz CT molecular complexity index is 459. The van der Waals surface area contributed by atoms with Crippen LogP contribution in [0.1, 0.15) is 49.7 Å². The van der Waals surface area contributed by atoms with E-state index in [9.17, 15) is 4.79 Å². The van der Waals surface area contributed by atoms with Crippen molar-refractivity contribution in [2.75, 3.05) is 6.54 Å². The first-order valence-corrected chi connectivity index (χ1v) is 7.06. The van der Waals surface area contributed by atoms with Gasteiger partial charge in [0.1, 0.15) is 0 Å². The average molecular weight is 256 g/mol. The first-order chi connectivity index (χ1) is 9.29. The van der Waals surface area contributed by atoms with E-state index in [-0.39, 0.29) is 5.91 Å². The first kappa shape index (κ1) is 13.6. The number of benzene rings is 1. The summed E-state index contributed by atoms with van der Waals surface area (Å²) in [7, 11) is 0. The van der Waals surface area contributed by atoms with E-state index in [0.717, 1.165) is 24.9 Å². The first-order valence-electron chi connectivity index (χ1n) is 7.06. The van der Waals surface area contributed by atoms with Crippen LogP contribution in [0.15, 0.2) is 24.3 Å². The smallest absolute Gasteiger partial charge is 0.222 e. The highest BCUT2D eigenvalue weighted by Crippen LogP contribution is 2.15. The number of nitrogens with zero attached hydrogens (tertiary/aromatic N) is 2. The molecule has 1 amide bonds. The molecule has 0 N–H and O–H groups in total. The third kappa shape index (κ3) is 4.10. The second kappa shape index (κ2) is 6.94. The molecule has 1 aliphatic rings. The van der Waals surface area contributed by atoms with Gasteiger partial charge in [0.05, 0.1) is 11.6 Å². The van der Waals surface area contributed by atoms with Crippen LogP contribution in [0.4, 0.5) is 0 Å². The van der Waals surface area contributed by atoms with E-state index in [2.05, 4.69) is 6.07 Å².